The summed E-state index contributed by atoms with van der Waals surface area (Å²) in [5.74, 6) is 0.298. The van der Waals surface area contributed by atoms with Crippen molar-refractivity contribution in [2.24, 2.45) is 5.92 Å². The van der Waals surface area contributed by atoms with Gasteiger partial charge in [-0.15, -0.1) is 0 Å². The normalized spacial score (nSPS) is 15.3. The van der Waals surface area contributed by atoms with Crippen LogP contribution in [0.1, 0.15) is 46.4 Å². The Kier molecular flexibility index (Phi) is 5.82. The van der Waals surface area contributed by atoms with Crippen LogP contribution in [0.4, 0.5) is 0 Å². The van der Waals surface area contributed by atoms with Gasteiger partial charge in [0.2, 0.25) is 0 Å². The zero-order valence-electron chi connectivity index (χ0n) is 12.1. The molecule has 1 heterocycles. The molecule has 1 aromatic heterocycles. The molecule has 4 heteroatoms. The number of aliphatic hydroxyl groups is 1. The van der Waals surface area contributed by atoms with Gasteiger partial charge >= 0.3 is 0 Å². The highest BCUT2D eigenvalue weighted by molar-refractivity contribution is 5.02. The highest BCUT2D eigenvalue weighted by Gasteiger charge is 2.24. The highest BCUT2D eigenvalue weighted by Crippen LogP contribution is 2.15. The van der Waals surface area contributed by atoms with E-state index in [1.807, 2.05) is 23.9 Å². The first-order valence-electron chi connectivity index (χ1n) is 6.79. The maximum atomic E-state index is 10.2. The summed E-state index contributed by atoms with van der Waals surface area (Å²) in [5.41, 5.74) is 0.918. The Labute approximate surface area is 110 Å². The molecule has 1 N–H and O–H groups in total. The second-order valence-electron chi connectivity index (χ2n) is 5.32. The maximum Gasteiger partial charge on any atom is 0.0860 e. The first kappa shape index (κ1) is 15.2. The molecule has 0 aliphatic rings. The fourth-order valence-corrected chi connectivity index (χ4v) is 2.04. The van der Waals surface area contributed by atoms with Gasteiger partial charge in [-0.2, -0.15) is 5.10 Å². The van der Waals surface area contributed by atoms with E-state index < -0.39 is 6.10 Å². The number of hydrogen-bond acceptors (Lipinski definition) is 3. The lowest BCUT2D eigenvalue weighted by Gasteiger charge is -2.25. The minimum absolute atomic E-state index is 0.126. The van der Waals surface area contributed by atoms with E-state index in [1.165, 1.54) is 0 Å². The molecule has 0 amide bonds. The van der Waals surface area contributed by atoms with Crippen LogP contribution in [-0.4, -0.2) is 33.7 Å². The van der Waals surface area contributed by atoms with E-state index >= 15 is 0 Å². The molecular weight excluding hydrogens is 228 g/mol. The van der Waals surface area contributed by atoms with Gasteiger partial charge in [-0.25, -0.2) is 0 Å². The van der Waals surface area contributed by atoms with E-state index in [2.05, 4.69) is 32.8 Å². The minimum atomic E-state index is -0.500. The molecule has 104 valence electrons. The Morgan fingerprint density at radius 3 is 2.44 bits per heavy atom. The van der Waals surface area contributed by atoms with Crippen LogP contribution in [0.3, 0.4) is 0 Å². The second-order valence-corrected chi connectivity index (χ2v) is 5.32. The molecule has 18 heavy (non-hydrogen) atoms. The summed E-state index contributed by atoms with van der Waals surface area (Å²) in [6.07, 6.45) is 1.88. The summed E-state index contributed by atoms with van der Waals surface area (Å²) in [5, 5.41) is 14.7. The Morgan fingerprint density at radius 1 is 1.33 bits per heavy atom. The number of ether oxygens (including phenoxy) is 1. The summed E-state index contributed by atoms with van der Waals surface area (Å²) in [6.45, 7) is 10.9. The lowest BCUT2D eigenvalue weighted by Crippen LogP contribution is -2.35. The van der Waals surface area contributed by atoms with Gasteiger partial charge in [-0.1, -0.05) is 13.8 Å². The number of nitrogens with zero attached hydrogens (tertiary/aromatic N) is 2. The third kappa shape index (κ3) is 4.10. The van der Waals surface area contributed by atoms with Crippen molar-refractivity contribution < 1.29 is 9.84 Å². The van der Waals surface area contributed by atoms with Crippen molar-refractivity contribution in [3.63, 3.8) is 0 Å². The molecule has 1 rings (SSSR count). The lowest BCUT2D eigenvalue weighted by molar-refractivity contribution is -0.0565. The van der Waals surface area contributed by atoms with Gasteiger partial charge in [0.25, 0.3) is 0 Å². The van der Waals surface area contributed by atoms with Gasteiger partial charge in [0.05, 0.1) is 17.9 Å². The molecule has 0 bridgehead atoms. The van der Waals surface area contributed by atoms with Crippen molar-refractivity contribution >= 4 is 0 Å². The van der Waals surface area contributed by atoms with Crippen molar-refractivity contribution in [2.45, 2.75) is 59.3 Å². The molecule has 0 spiro atoms. The average molecular weight is 254 g/mol. The predicted octanol–water partition coefficient (Wildman–Crippen LogP) is 2.43. The van der Waals surface area contributed by atoms with E-state index in [4.69, 9.17) is 4.74 Å². The standard InChI is InChI=1S/C14H26N2O2/c1-6-18-14(10(2)3)13(17)9-12-7-8-16(15-12)11(4)5/h7-8,10-11,13-14,17H,6,9H2,1-5H3. The summed E-state index contributed by atoms with van der Waals surface area (Å²) in [6, 6.07) is 2.32. The van der Waals surface area contributed by atoms with Gasteiger partial charge in [0.15, 0.2) is 0 Å². The zero-order valence-corrected chi connectivity index (χ0v) is 12.1. The van der Waals surface area contributed by atoms with E-state index in [9.17, 15) is 5.11 Å². The smallest absolute Gasteiger partial charge is 0.0860 e. The molecule has 0 fully saturated rings. The first-order valence-corrected chi connectivity index (χ1v) is 6.79. The van der Waals surface area contributed by atoms with E-state index in [-0.39, 0.29) is 6.10 Å². The Bertz CT molecular complexity index is 347. The number of aliphatic hydroxyl groups excluding tert-OH is 1. The maximum absolute atomic E-state index is 10.2. The lowest BCUT2D eigenvalue weighted by atomic mass is 9.98. The molecule has 0 aliphatic carbocycles. The van der Waals surface area contributed by atoms with Crippen LogP contribution in [0.15, 0.2) is 12.3 Å². The third-order valence-corrected chi connectivity index (χ3v) is 3.01. The third-order valence-electron chi connectivity index (χ3n) is 3.01. The molecule has 0 radical (unpaired) electrons. The minimum Gasteiger partial charge on any atom is -0.390 e. The molecule has 0 saturated carbocycles. The molecule has 0 aliphatic heterocycles. The summed E-state index contributed by atoms with van der Waals surface area (Å²) in [4.78, 5) is 0. The number of hydrogen-bond donors (Lipinski definition) is 1. The van der Waals surface area contributed by atoms with Crippen molar-refractivity contribution in [3.8, 4) is 0 Å². The monoisotopic (exact) mass is 254 g/mol. The average Bonchev–Trinajstić information content (AvgIpc) is 2.73. The van der Waals surface area contributed by atoms with Crippen LogP contribution < -0.4 is 0 Å². The van der Waals surface area contributed by atoms with Crippen LogP contribution in [0.2, 0.25) is 0 Å². The van der Waals surface area contributed by atoms with Crippen LogP contribution in [0.5, 0.6) is 0 Å². The largest absolute Gasteiger partial charge is 0.390 e. The summed E-state index contributed by atoms with van der Waals surface area (Å²) in [7, 11) is 0. The topological polar surface area (TPSA) is 47.3 Å². The Hall–Kier alpha value is -0.870. The van der Waals surface area contributed by atoms with Crippen molar-refractivity contribution in [1.29, 1.82) is 0 Å². The zero-order chi connectivity index (χ0) is 13.7. The molecule has 0 aromatic carbocycles. The van der Waals surface area contributed by atoms with Crippen LogP contribution in [0, 0.1) is 5.92 Å². The van der Waals surface area contributed by atoms with Gasteiger partial charge in [0.1, 0.15) is 0 Å². The SMILES string of the molecule is CCOC(C(C)C)C(O)Cc1ccn(C(C)C)n1. The fourth-order valence-electron chi connectivity index (χ4n) is 2.04. The van der Waals surface area contributed by atoms with E-state index in [0.29, 0.717) is 25.0 Å². The van der Waals surface area contributed by atoms with Gasteiger partial charge in [-0.05, 0) is 32.8 Å². The predicted molar refractivity (Wildman–Crippen MR) is 72.6 cm³/mol. The van der Waals surface area contributed by atoms with Crippen molar-refractivity contribution in [2.75, 3.05) is 6.61 Å². The first-order chi connectivity index (χ1) is 8.45. The number of aromatic nitrogens is 2. The van der Waals surface area contributed by atoms with Gasteiger partial charge in [-0.3, -0.25) is 4.68 Å². The van der Waals surface area contributed by atoms with Crippen LogP contribution >= 0.6 is 0 Å². The molecule has 2 atom stereocenters. The van der Waals surface area contributed by atoms with Gasteiger partial charge < -0.3 is 9.84 Å². The molecular formula is C14H26N2O2. The van der Waals surface area contributed by atoms with E-state index in [1.54, 1.807) is 0 Å². The van der Waals surface area contributed by atoms with Gasteiger partial charge in [0, 0.05) is 25.3 Å². The van der Waals surface area contributed by atoms with Crippen molar-refractivity contribution in [3.05, 3.63) is 18.0 Å². The Morgan fingerprint density at radius 2 is 2.00 bits per heavy atom. The summed E-state index contributed by atoms with van der Waals surface area (Å²) >= 11 is 0. The van der Waals surface area contributed by atoms with Crippen LogP contribution in [0.25, 0.3) is 0 Å². The van der Waals surface area contributed by atoms with Crippen LogP contribution in [-0.2, 0) is 11.2 Å². The fraction of sp³-hybridized carbons (Fsp3) is 0.786. The number of rotatable bonds is 7. The quantitative estimate of drug-likeness (QED) is 0.813. The van der Waals surface area contributed by atoms with Crippen molar-refractivity contribution in [1.82, 2.24) is 9.78 Å². The Balaban J connectivity index is 2.63. The summed E-state index contributed by atoms with van der Waals surface area (Å²) < 4.78 is 7.52. The second kappa shape index (κ2) is 6.90. The molecule has 0 saturated heterocycles. The van der Waals surface area contributed by atoms with E-state index in [0.717, 1.165) is 5.69 Å². The highest BCUT2D eigenvalue weighted by atomic mass is 16.5. The molecule has 1 aromatic rings. The molecule has 2 unspecified atom stereocenters. The molecule has 4 nitrogen and oxygen atoms in total.